The quantitative estimate of drug-likeness (QED) is 0.781. The third kappa shape index (κ3) is 2.57. The standard InChI is InChI=1S/C15H19NO5/c1-4-9(14(18)20-2)10-8-12(17)16-7-5-6-11(16)13(10)15(19)21-3/h8-9H,4-7H2,1-3H3. The molecule has 0 radical (unpaired) electrons. The molecule has 1 atom stereocenters. The Kier molecular flexibility index (Phi) is 4.45. The Labute approximate surface area is 122 Å². The fourth-order valence-corrected chi connectivity index (χ4v) is 2.90. The van der Waals surface area contributed by atoms with Gasteiger partial charge in [0.05, 0.1) is 25.7 Å². The lowest BCUT2D eigenvalue weighted by atomic mass is 9.91. The SMILES string of the molecule is CCC(C(=O)OC)c1cc(=O)n2c(c1C(=O)OC)CCC2. The molecule has 21 heavy (non-hydrogen) atoms. The Hall–Kier alpha value is -2.11. The summed E-state index contributed by atoms with van der Waals surface area (Å²) in [5, 5.41) is 0. The number of carbonyl (C=O) groups is 2. The summed E-state index contributed by atoms with van der Waals surface area (Å²) >= 11 is 0. The van der Waals surface area contributed by atoms with Gasteiger partial charge in [0.1, 0.15) is 0 Å². The summed E-state index contributed by atoms with van der Waals surface area (Å²) in [6.45, 7) is 2.40. The minimum Gasteiger partial charge on any atom is -0.469 e. The number of nitrogens with zero attached hydrogens (tertiary/aromatic N) is 1. The zero-order valence-corrected chi connectivity index (χ0v) is 12.5. The molecule has 2 heterocycles. The van der Waals surface area contributed by atoms with Crippen LogP contribution in [0.15, 0.2) is 10.9 Å². The predicted molar refractivity (Wildman–Crippen MR) is 75.4 cm³/mol. The van der Waals surface area contributed by atoms with Crippen LogP contribution in [0, 0.1) is 0 Å². The second-order valence-corrected chi connectivity index (χ2v) is 4.99. The van der Waals surface area contributed by atoms with Crippen molar-refractivity contribution in [3.63, 3.8) is 0 Å². The number of aromatic nitrogens is 1. The van der Waals surface area contributed by atoms with Crippen molar-refractivity contribution in [1.82, 2.24) is 4.57 Å². The number of fused-ring (bicyclic) bond motifs is 1. The molecule has 0 aliphatic carbocycles. The van der Waals surface area contributed by atoms with Crippen molar-refractivity contribution >= 4 is 11.9 Å². The monoisotopic (exact) mass is 293 g/mol. The Morgan fingerprint density at radius 3 is 2.62 bits per heavy atom. The number of ether oxygens (including phenoxy) is 2. The summed E-state index contributed by atoms with van der Waals surface area (Å²) in [6.07, 6.45) is 1.88. The third-order valence-corrected chi connectivity index (χ3v) is 3.90. The summed E-state index contributed by atoms with van der Waals surface area (Å²) in [6, 6.07) is 1.37. The maximum absolute atomic E-state index is 12.2. The van der Waals surface area contributed by atoms with Crippen LogP contribution in [0.25, 0.3) is 0 Å². The maximum atomic E-state index is 12.2. The molecule has 2 rings (SSSR count). The second kappa shape index (κ2) is 6.11. The Bertz CT molecular complexity index is 632. The van der Waals surface area contributed by atoms with Gasteiger partial charge < -0.3 is 14.0 Å². The van der Waals surface area contributed by atoms with E-state index in [0.29, 0.717) is 36.2 Å². The number of hydrogen-bond donors (Lipinski definition) is 0. The zero-order chi connectivity index (χ0) is 15.6. The lowest BCUT2D eigenvalue weighted by Crippen LogP contribution is -2.27. The zero-order valence-electron chi connectivity index (χ0n) is 12.5. The van der Waals surface area contributed by atoms with E-state index in [1.54, 1.807) is 4.57 Å². The van der Waals surface area contributed by atoms with Crippen LogP contribution in [0.3, 0.4) is 0 Å². The molecule has 0 aromatic carbocycles. The van der Waals surface area contributed by atoms with Crippen molar-refractivity contribution in [3.8, 4) is 0 Å². The molecule has 0 saturated carbocycles. The molecule has 6 heteroatoms. The Morgan fingerprint density at radius 1 is 1.33 bits per heavy atom. The van der Waals surface area contributed by atoms with Gasteiger partial charge >= 0.3 is 11.9 Å². The molecule has 0 N–H and O–H groups in total. The number of rotatable bonds is 4. The van der Waals surface area contributed by atoms with E-state index in [2.05, 4.69) is 0 Å². The van der Waals surface area contributed by atoms with Gasteiger partial charge in [0.15, 0.2) is 0 Å². The predicted octanol–water partition coefficient (Wildman–Crippen LogP) is 1.25. The summed E-state index contributed by atoms with van der Waals surface area (Å²) in [4.78, 5) is 36.3. The van der Waals surface area contributed by atoms with E-state index in [0.717, 1.165) is 6.42 Å². The van der Waals surface area contributed by atoms with E-state index in [4.69, 9.17) is 9.47 Å². The van der Waals surface area contributed by atoms with E-state index < -0.39 is 17.9 Å². The fraction of sp³-hybridized carbons (Fsp3) is 0.533. The van der Waals surface area contributed by atoms with Gasteiger partial charge in [-0.1, -0.05) is 6.92 Å². The minimum absolute atomic E-state index is 0.187. The molecule has 0 fully saturated rings. The molecule has 1 aromatic rings. The Morgan fingerprint density at radius 2 is 2.05 bits per heavy atom. The van der Waals surface area contributed by atoms with Gasteiger partial charge in [0, 0.05) is 18.3 Å². The summed E-state index contributed by atoms with van der Waals surface area (Å²) in [7, 11) is 2.59. The number of methoxy groups -OCH3 is 2. The van der Waals surface area contributed by atoms with E-state index in [-0.39, 0.29) is 5.56 Å². The molecule has 0 saturated heterocycles. The minimum atomic E-state index is -0.636. The molecule has 0 spiro atoms. The second-order valence-electron chi connectivity index (χ2n) is 4.99. The van der Waals surface area contributed by atoms with Gasteiger partial charge in [-0.05, 0) is 24.8 Å². The van der Waals surface area contributed by atoms with Gasteiger partial charge in [-0.25, -0.2) is 4.79 Å². The smallest absolute Gasteiger partial charge is 0.339 e. The van der Waals surface area contributed by atoms with Crippen LogP contribution >= 0.6 is 0 Å². The van der Waals surface area contributed by atoms with E-state index in [1.165, 1.54) is 20.3 Å². The molecular formula is C15H19NO5. The molecule has 1 aliphatic rings. The summed E-state index contributed by atoms with van der Waals surface area (Å²) in [5.74, 6) is -1.61. The molecule has 1 aromatic heterocycles. The van der Waals surface area contributed by atoms with Crippen molar-refractivity contribution in [1.29, 1.82) is 0 Å². The average Bonchev–Trinajstić information content (AvgIpc) is 2.97. The third-order valence-electron chi connectivity index (χ3n) is 3.90. The van der Waals surface area contributed by atoms with Crippen LogP contribution in [0.5, 0.6) is 0 Å². The highest BCUT2D eigenvalue weighted by atomic mass is 16.5. The molecule has 6 nitrogen and oxygen atoms in total. The number of hydrogen-bond acceptors (Lipinski definition) is 5. The van der Waals surface area contributed by atoms with Gasteiger partial charge in [-0.3, -0.25) is 9.59 Å². The van der Waals surface area contributed by atoms with Gasteiger partial charge in [-0.2, -0.15) is 0 Å². The first-order chi connectivity index (χ1) is 10.0. The van der Waals surface area contributed by atoms with Crippen LogP contribution in [0.1, 0.15) is 47.3 Å². The van der Waals surface area contributed by atoms with Gasteiger partial charge in [-0.15, -0.1) is 0 Å². The lowest BCUT2D eigenvalue weighted by Gasteiger charge is -2.18. The van der Waals surface area contributed by atoms with Crippen molar-refractivity contribution in [2.24, 2.45) is 0 Å². The Balaban J connectivity index is 2.70. The first-order valence-electron chi connectivity index (χ1n) is 6.97. The lowest BCUT2D eigenvalue weighted by molar-refractivity contribution is -0.142. The van der Waals surface area contributed by atoms with E-state index in [1.807, 2.05) is 6.92 Å². The van der Waals surface area contributed by atoms with Gasteiger partial charge in [0.2, 0.25) is 0 Å². The number of esters is 2. The van der Waals surface area contributed by atoms with Gasteiger partial charge in [0.25, 0.3) is 5.56 Å². The maximum Gasteiger partial charge on any atom is 0.339 e. The highest BCUT2D eigenvalue weighted by Crippen LogP contribution is 2.29. The molecule has 1 unspecified atom stereocenters. The fourth-order valence-electron chi connectivity index (χ4n) is 2.90. The summed E-state index contributed by atoms with van der Waals surface area (Å²) in [5.41, 5.74) is 1.22. The average molecular weight is 293 g/mol. The molecule has 0 bridgehead atoms. The highest BCUT2D eigenvalue weighted by Gasteiger charge is 2.31. The normalized spacial score (nSPS) is 14.4. The molecule has 0 amide bonds. The van der Waals surface area contributed by atoms with Crippen LogP contribution in [0.2, 0.25) is 0 Å². The van der Waals surface area contributed by atoms with Crippen LogP contribution in [0.4, 0.5) is 0 Å². The first kappa shape index (κ1) is 15.3. The first-order valence-corrected chi connectivity index (χ1v) is 6.97. The van der Waals surface area contributed by atoms with Crippen LogP contribution in [-0.4, -0.2) is 30.7 Å². The molecular weight excluding hydrogens is 274 g/mol. The van der Waals surface area contributed by atoms with Crippen LogP contribution in [-0.2, 0) is 27.2 Å². The largest absolute Gasteiger partial charge is 0.469 e. The van der Waals surface area contributed by atoms with Crippen molar-refractivity contribution in [3.05, 3.63) is 33.2 Å². The summed E-state index contributed by atoms with van der Waals surface area (Å²) < 4.78 is 11.2. The highest BCUT2D eigenvalue weighted by molar-refractivity contribution is 5.94. The van der Waals surface area contributed by atoms with Crippen LogP contribution < -0.4 is 5.56 Å². The molecule has 114 valence electrons. The van der Waals surface area contributed by atoms with E-state index in [9.17, 15) is 14.4 Å². The molecule has 1 aliphatic heterocycles. The topological polar surface area (TPSA) is 74.6 Å². The van der Waals surface area contributed by atoms with Crippen molar-refractivity contribution < 1.29 is 19.1 Å². The number of carbonyl (C=O) groups excluding carboxylic acids is 2. The number of pyridine rings is 1. The van der Waals surface area contributed by atoms with E-state index >= 15 is 0 Å². The van der Waals surface area contributed by atoms with Crippen molar-refractivity contribution in [2.45, 2.75) is 38.6 Å². The van der Waals surface area contributed by atoms with Crippen molar-refractivity contribution in [2.75, 3.05) is 14.2 Å².